The van der Waals surface area contributed by atoms with Crippen LogP contribution in [0.2, 0.25) is 0 Å². The molecule has 2 N–H and O–H groups in total. The number of fused-ring (bicyclic) bond motifs is 2. The van der Waals surface area contributed by atoms with E-state index in [0.717, 1.165) is 23.1 Å². The molecule has 0 radical (unpaired) electrons. The average Bonchev–Trinajstić information content (AvgIpc) is 3.18. The molecule has 1 aromatic heterocycles. The lowest BCUT2D eigenvalue weighted by Gasteiger charge is -2.22. The van der Waals surface area contributed by atoms with Gasteiger partial charge in [0.2, 0.25) is 0 Å². The maximum atomic E-state index is 5.88. The van der Waals surface area contributed by atoms with Gasteiger partial charge in [-0.05, 0) is 19.3 Å². The van der Waals surface area contributed by atoms with E-state index in [1.807, 2.05) is 7.05 Å². The molecule has 0 aromatic carbocycles. The smallest absolute Gasteiger partial charge is 0.191 e. The fourth-order valence-electron chi connectivity index (χ4n) is 3.06. The molecule has 0 amide bonds. The minimum absolute atomic E-state index is 0.106. The zero-order valence-electron chi connectivity index (χ0n) is 13.8. The maximum Gasteiger partial charge on any atom is 0.191 e. The largest absolute Gasteiger partial charge is 0.373 e. The van der Waals surface area contributed by atoms with Crippen LogP contribution in [0, 0.1) is 0 Å². The molecular weight excluding hydrogens is 296 g/mol. The van der Waals surface area contributed by atoms with E-state index in [1.54, 1.807) is 11.3 Å². The summed E-state index contributed by atoms with van der Waals surface area (Å²) in [7, 11) is 1.81. The molecule has 2 saturated heterocycles. The number of hydrogen-bond acceptors (Lipinski definition) is 4. The fraction of sp³-hybridized carbons (Fsp3) is 0.750. The topological polar surface area (TPSA) is 58.5 Å². The van der Waals surface area contributed by atoms with Crippen molar-refractivity contribution in [3.05, 3.63) is 16.1 Å². The van der Waals surface area contributed by atoms with E-state index in [9.17, 15) is 0 Å². The second kappa shape index (κ2) is 6.16. The third-order valence-electron chi connectivity index (χ3n) is 4.38. The first-order valence-electron chi connectivity index (χ1n) is 8.03. The molecule has 122 valence electrons. The van der Waals surface area contributed by atoms with Crippen molar-refractivity contribution in [3.8, 4) is 0 Å². The van der Waals surface area contributed by atoms with Crippen molar-refractivity contribution in [3.63, 3.8) is 0 Å². The standard InChI is InChI=1S/C16H26N4OS/c1-16(2,3)13-9-22-14(20-13)8-18-15(17-4)19-11-7-10-5-6-12(11)21-10/h9-12H,5-8H2,1-4H3,(H2,17,18,19). The highest BCUT2D eigenvalue weighted by Crippen LogP contribution is 2.34. The Bertz CT molecular complexity index is 549. The van der Waals surface area contributed by atoms with Gasteiger partial charge in [0.25, 0.3) is 0 Å². The molecular formula is C16H26N4OS. The molecule has 3 heterocycles. The zero-order chi connectivity index (χ0) is 15.7. The summed E-state index contributed by atoms with van der Waals surface area (Å²) < 4.78 is 5.88. The van der Waals surface area contributed by atoms with Crippen LogP contribution in [0.15, 0.2) is 10.4 Å². The van der Waals surface area contributed by atoms with Crippen molar-refractivity contribution in [1.29, 1.82) is 0 Å². The quantitative estimate of drug-likeness (QED) is 0.663. The Morgan fingerprint density at radius 3 is 2.82 bits per heavy atom. The van der Waals surface area contributed by atoms with Crippen LogP contribution in [-0.2, 0) is 16.7 Å². The minimum atomic E-state index is 0.106. The van der Waals surface area contributed by atoms with Crippen molar-refractivity contribution in [1.82, 2.24) is 15.6 Å². The van der Waals surface area contributed by atoms with E-state index in [-0.39, 0.29) is 5.41 Å². The first-order chi connectivity index (χ1) is 10.5. The van der Waals surface area contributed by atoms with Gasteiger partial charge in [0.15, 0.2) is 5.96 Å². The molecule has 2 fully saturated rings. The van der Waals surface area contributed by atoms with Crippen molar-refractivity contribution in [2.45, 2.75) is 70.2 Å². The molecule has 3 atom stereocenters. The van der Waals surface area contributed by atoms with Gasteiger partial charge in [-0.2, -0.15) is 0 Å². The zero-order valence-corrected chi connectivity index (χ0v) is 14.7. The maximum absolute atomic E-state index is 5.88. The van der Waals surface area contributed by atoms with Crippen LogP contribution in [0.1, 0.15) is 50.7 Å². The first-order valence-corrected chi connectivity index (χ1v) is 8.91. The van der Waals surface area contributed by atoms with Crippen LogP contribution < -0.4 is 10.6 Å². The van der Waals surface area contributed by atoms with Gasteiger partial charge in [0.1, 0.15) is 5.01 Å². The summed E-state index contributed by atoms with van der Waals surface area (Å²) in [6, 6.07) is 0.395. The van der Waals surface area contributed by atoms with Crippen molar-refractivity contribution >= 4 is 17.3 Å². The third kappa shape index (κ3) is 3.43. The highest BCUT2D eigenvalue weighted by molar-refractivity contribution is 7.09. The fourth-order valence-corrected chi connectivity index (χ4v) is 4.02. The highest BCUT2D eigenvalue weighted by Gasteiger charge is 2.41. The molecule has 0 saturated carbocycles. The Morgan fingerprint density at radius 1 is 1.45 bits per heavy atom. The molecule has 0 spiro atoms. The molecule has 22 heavy (non-hydrogen) atoms. The number of hydrogen-bond donors (Lipinski definition) is 2. The van der Waals surface area contributed by atoms with Crippen LogP contribution in [0.4, 0.5) is 0 Å². The van der Waals surface area contributed by atoms with E-state index >= 15 is 0 Å². The van der Waals surface area contributed by atoms with Gasteiger partial charge in [-0.3, -0.25) is 4.99 Å². The summed E-state index contributed by atoms with van der Waals surface area (Å²) in [5.74, 6) is 0.841. The van der Waals surface area contributed by atoms with Crippen LogP contribution in [0.25, 0.3) is 0 Å². The van der Waals surface area contributed by atoms with Crippen LogP contribution in [-0.4, -0.2) is 36.2 Å². The lowest BCUT2D eigenvalue weighted by molar-refractivity contribution is 0.0992. The Hall–Kier alpha value is -1.14. The molecule has 6 heteroatoms. The molecule has 3 unspecified atom stereocenters. The van der Waals surface area contributed by atoms with Gasteiger partial charge in [0.05, 0.1) is 30.5 Å². The van der Waals surface area contributed by atoms with E-state index in [2.05, 4.69) is 41.8 Å². The summed E-state index contributed by atoms with van der Waals surface area (Å²) in [4.78, 5) is 9.03. The number of thiazole rings is 1. The van der Waals surface area contributed by atoms with E-state index in [0.29, 0.717) is 24.8 Å². The summed E-state index contributed by atoms with van der Waals surface area (Å²) >= 11 is 1.70. The summed E-state index contributed by atoms with van der Waals surface area (Å²) in [5, 5.41) is 10.1. The van der Waals surface area contributed by atoms with E-state index in [4.69, 9.17) is 9.72 Å². The van der Waals surface area contributed by atoms with Crippen LogP contribution in [0.3, 0.4) is 0 Å². The molecule has 0 aliphatic carbocycles. The van der Waals surface area contributed by atoms with Gasteiger partial charge < -0.3 is 15.4 Å². The second-order valence-electron chi connectivity index (χ2n) is 7.16. The average molecular weight is 322 g/mol. The van der Waals surface area contributed by atoms with Gasteiger partial charge in [0, 0.05) is 17.8 Å². The Labute approximate surface area is 136 Å². The molecule has 3 rings (SSSR count). The molecule has 5 nitrogen and oxygen atoms in total. The monoisotopic (exact) mass is 322 g/mol. The summed E-state index contributed by atoms with van der Waals surface area (Å²) in [6.45, 7) is 7.28. The number of ether oxygens (including phenoxy) is 1. The molecule has 2 aliphatic rings. The number of aromatic nitrogens is 1. The Kier molecular flexibility index (Phi) is 4.41. The lowest BCUT2D eigenvalue weighted by atomic mass is 9.93. The van der Waals surface area contributed by atoms with Gasteiger partial charge in [-0.15, -0.1) is 11.3 Å². The van der Waals surface area contributed by atoms with E-state index in [1.165, 1.54) is 12.8 Å². The molecule has 2 aliphatic heterocycles. The van der Waals surface area contributed by atoms with Crippen LogP contribution >= 0.6 is 11.3 Å². The minimum Gasteiger partial charge on any atom is -0.373 e. The van der Waals surface area contributed by atoms with Gasteiger partial charge >= 0.3 is 0 Å². The van der Waals surface area contributed by atoms with E-state index < -0.39 is 0 Å². The lowest BCUT2D eigenvalue weighted by Crippen LogP contribution is -2.47. The Balaban J connectivity index is 1.52. The number of aliphatic imine (C=N–C) groups is 1. The number of guanidine groups is 1. The predicted octanol–water partition coefficient (Wildman–Crippen LogP) is 2.43. The van der Waals surface area contributed by atoms with Crippen molar-refractivity contribution < 1.29 is 4.74 Å². The second-order valence-corrected chi connectivity index (χ2v) is 8.11. The normalized spacial score (nSPS) is 28.2. The van der Waals surface area contributed by atoms with Crippen molar-refractivity contribution in [2.24, 2.45) is 4.99 Å². The Morgan fingerprint density at radius 2 is 2.27 bits per heavy atom. The summed E-state index contributed by atoms with van der Waals surface area (Å²) in [6.07, 6.45) is 4.28. The first kappa shape index (κ1) is 15.7. The number of nitrogens with zero attached hydrogens (tertiary/aromatic N) is 2. The highest BCUT2D eigenvalue weighted by atomic mass is 32.1. The number of rotatable bonds is 3. The third-order valence-corrected chi connectivity index (χ3v) is 5.23. The molecule has 1 aromatic rings. The van der Waals surface area contributed by atoms with Crippen LogP contribution in [0.5, 0.6) is 0 Å². The molecule has 2 bridgehead atoms. The number of nitrogens with one attached hydrogen (secondary N) is 2. The van der Waals surface area contributed by atoms with Gasteiger partial charge in [-0.25, -0.2) is 4.98 Å². The van der Waals surface area contributed by atoms with Gasteiger partial charge in [-0.1, -0.05) is 20.8 Å². The predicted molar refractivity (Wildman–Crippen MR) is 90.4 cm³/mol. The SMILES string of the molecule is CN=C(NCc1nc(C(C)(C)C)cs1)NC1CC2CCC1O2. The van der Waals surface area contributed by atoms with Crippen molar-refractivity contribution in [2.75, 3.05) is 7.05 Å². The summed E-state index contributed by atoms with van der Waals surface area (Å²) in [5.41, 5.74) is 1.26.